The fourth-order valence-electron chi connectivity index (χ4n) is 5.14. The van der Waals surface area contributed by atoms with E-state index in [-0.39, 0.29) is 36.3 Å². The number of hydrogen-bond donors (Lipinski definition) is 3. The number of carbonyl (C=O) groups excluding carboxylic acids is 5. The molecule has 4 rings (SSSR count). The number of nitrogens with zero attached hydrogens (tertiary/aromatic N) is 3. The van der Waals surface area contributed by atoms with Crippen LogP contribution in [-0.4, -0.2) is 104 Å². The molecule has 40 heavy (non-hydrogen) atoms. The van der Waals surface area contributed by atoms with Crippen LogP contribution in [0.3, 0.4) is 0 Å². The number of alkyl carbamates (subject to hydrolysis) is 1. The number of ether oxygens (including phenoxy) is 1. The van der Waals surface area contributed by atoms with Crippen LogP contribution in [0.5, 0.6) is 0 Å². The minimum absolute atomic E-state index is 0.0385. The summed E-state index contributed by atoms with van der Waals surface area (Å²) in [5, 5.41) is 7.84. The largest absolute Gasteiger partial charge is 0.450 e. The highest BCUT2D eigenvalue weighted by molar-refractivity contribution is 6.03. The lowest BCUT2D eigenvalue weighted by atomic mass is 10.1. The Morgan fingerprint density at radius 2 is 1.65 bits per heavy atom. The first-order valence-electron chi connectivity index (χ1n) is 14.3. The topological polar surface area (TPSA) is 140 Å². The zero-order chi connectivity index (χ0) is 28.5. The van der Waals surface area contributed by atoms with Crippen LogP contribution in [0.15, 0.2) is 24.3 Å². The van der Waals surface area contributed by atoms with E-state index in [1.54, 1.807) is 12.1 Å². The molecule has 3 aliphatic heterocycles. The molecular weight excluding hydrogens is 516 g/mol. The number of carbonyl (C=O) groups is 5. The molecule has 0 saturated carbocycles. The first kappa shape index (κ1) is 29.3. The van der Waals surface area contributed by atoms with E-state index >= 15 is 0 Å². The van der Waals surface area contributed by atoms with Gasteiger partial charge in [0.15, 0.2) is 0 Å². The second kappa shape index (κ2) is 14.1. The molecule has 1 aromatic rings. The Morgan fingerprint density at radius 3 is 2.30 bits per heavy atom. The van der Waals surface area contributed by atoms with Gasteiger partial charge in [0.25, 0.3) is 5.91 Å². The summed E-state index contributed by atoms with van der Waals surface area (Å²) >= 11 is 0. The molecule has 3 fully saturated rings. The normalized spacial score (nSPS) is 20.6. The van der Waals surface area contributed by atoms with Gasteiger partial charge in [-0.05, 0) is 49.9 Å². The number of piperidine rings is 2. The fraction of sp³-hybridized carbons (Fsp3) is 0.607. The summed E-state index contributed by atoms with van der Waals surface area (Å²) in [6, 6.07) is 6.57. The number of amides is 5. The van der Waals surface area contributed by atoms with Gasteiger partial charge in [0.2, 0.25) is 17.7 Å². The first-order valence-corrected chi connectivity index (χ1v) is 14.3. The summed E-state index contributed by atoms with van der Waals surface area (Å²) in [4.78, 5) is 66.8. The maximum atomic E-state index is 12.9. The average molecular weight is 557 g/mol. The van der Waals surface area contributed by atoms with Crippen molar-refractivity contribution in [3.8, 4) is 0 Å². The molecule has 218 valence electrons. The van der Waals surface area contributed by atoms with Crippen LogP contribution in [-0.2, 0) is 19.1 Å². The predicted molar refractivity (Wildman–Crippen MR) is 148 cm³/mol. The lowest BCUT2D eigenvalue weighted by molar-refractivity contribution is -0.135. The lowest BCUT2D eigenvalue weighted by Crippen LogP contribution is -2.52. The molecule has 12 nitrogen and oxygen atoms in total. The lowest BCUT2D eigenvalue weighted by Gasteiger charge is -2.38. The van der Waals surface area contributed by atoms with Crippen molar-refractivity contribution >= 4 is 35.4 Å². The summed E-state index contributed by atoms with van der Waals surface area (Å²) in [6.07, 6.45) is 3.42. The van der Waals surface area contributed by atoms with Crippen LogP contribution in [0.1, 0.15) is 55.8 Å². The molecule has 5 amide bonds. The van der Waals surface area contributed by atoms with Gasteiger partial charge < -0.3 is 25.2 Å². The van der Waals surface area contributed by atoms with E-state index < -0.39 is 11.9 Å². The molecule has 1 aromatic carbocycles. The number of imide groups is 1. The maximum Gasteiger partial charge on any atom is 0.407 e. The van der Waals surface area contributed by atoms with E-state index in [2.05, 4.69) is 25.8 Å². The van der Waals surface area contributed by atoms with Crippen molar-refractivity contribution in [1.29, 1.82) is 0 Å². The van der Waals surface area contributed by atoms with Gasteiger partial charge in [-0.15, -0.1) is 0 Å². The molecular formula is C28H40N6O6. The summed E-state index contributed by atoms with van der Waals surface area (Å²) in [6.45, 7) is 7.15. The second-order valence-corrected chi connectivity index (χ2v) is 10.6. The van der Waals surface area contributed by atoms with E-state index in [4.69, 9.17) is 4.74 Å². The van der Waals surface area contributed by atoms with Gasteiger partial charge in [-0.25, -0.2) is 4.79 Å². The molecule has 0 bridgehead atoms. The van der Waals surface area contributed by atoms with Crippen molar-refractivity contribution in [2.45, 2.75) is 57.5 Å². The van der Waals surface area contributed by atoms with E-state index in [9.17, 15) is 24.0 Å². The molecule has 1 atom stereocenters. The Kier molecular flexibility index (Phi) is 10.3. The molecule has 0 radical (unpaired) electrons. The van der Waals surface area contributed by atoms with Gasteiger partial charge in [0.05, 0.1) is 13.2 Å². The molecule has 3 aliphatic rings. The quantitative estimate of drug-likeness (QED) is 0.301. The van der Waals surface area contributed by atoms with Crippen LogP contribution in [0.4, 0.5) is 10.5 Å². The maximum absolute atomic E-state index is 12.9. The number of piperazine rings is 1. The summed E-state index contributed by atoms with van der Waals surface area (Å²) in [7, 11) is 0. The standard InChI is InChI=1S/C28H40N6O6/c1-2-3-18-40-28(39)29-21-10-12-34(13-11-21)25(36)19-32-14-16-33(17-15-32)22-6-4-20(5-7-22)26(37)30-23-8-9-24(35)31-27(23)38/h4-7,21,23H,2-3,8-19H2,1H3,(H,29,39)(H,30,37)(H,31,35,38). The van der Waals surface area contributed by atoms with Gasteiger partial charge in [-0.1, -0.05) is 13.3 Å². The number of anilines is 1. The molecule has 3 heterocycles. The third-order valence-corrected chi connectivity index (χ3v) is 7.67. The number of hydrogen-bond acceptors (Lipinski definition) is 8. The number of unbranched alkanes of at least 4 members (excludes halogenated alkanes) is 1. The SMILES string of the molecule is CCCCOC(=O)NC1CCN(C(=O)CN2CCN(c3ccc(C(=O)NC4CCC(=O)NC4=O)cc3)CC2)CC1. The molecule has 3 saturated heterocycles. The number of benzene rings is 1. The average Bonchev–Trinajstić information content (AvgIpc) is 2.95. The predicted octanol–water partition coefficient (Wildman–Crippen LogP) is 0.861. The van der Waals surface area contributed by atoms with Gasteiger partial charge in [0, 0.05) is 63.0 Å². The molecule has 1 unspecified atom stereocenters. The smallest absolute Gasteiger partial charge is 0.407 e. The van der Waals surface area contributed by atoms with Crippen molar-refractivity contribution < 1.29 is 28.7 Å². The Labute approximate surface area is 234 Å². The van der Waals surface area contributed by atoms with E-state index in [0.29, 0.717) is 38.2 Å². The van der Waals surface area contributed by atoms with E-state index in [0.717, 1.165) is 57.5 Å². The number of rotatable bonds is 9. The Morgan fingerprint density at radius 1 is 0.950 bits per heavy atom. The third kappa shape index (κ3) is 8.17. The zero-order valence-electron chi connectivity index (χ0n) is 23.2. The minimum Gasteiger partial charge on any atom is -0.450 e. The fourth-order valence-corrected chi connectivity index (χ4v) is 5.14. The van der Waals surface area contributed by atoms with Crippen LogP contribution in [0, 0.1) is 0 Å². The first-order chi connectivity index (χ1) is 19.3. The Hall–Kier alpha value is -3.67. The van der Waals surface area contributed by atoms with Crippen molar-refractivity contribution in [2.24, 2.45) is 0 Å². The van der Waals surface area contributed by atoms with Crippen molar-refractivity contribution in [3.05, 3.63) is 29.8 Å². The van der Waals surface area contributed by atoms with Gasteiger partial charge >= 0.3 is 6.09 Å². The van der Waals surface area contributed by atoms with Gasteiger partial charge in [-0.3, -0.25) is 29.4 Å². The van der Waals surface area contributed by atoms with Crippen molar-refractivity contribution in [1.82, 2.24) is 25.8 Å². The second-order valence-electron chi connectivity index (χ2n) is 10.6. The van der Waals surface area contributed by atoms with Crippen molar-refractivity contribution in [2.75, 3.05) is 57.3 Å². The number of likely N-dealkylation sites (tertiary alicyclic amines) is 1. The highest BCUT2D eigenvalue weighted by Gasteiger charge is 2.29. The Bertz CT molecular complexity index is 1060. The zero-order valence-corrected chi connectivity index (χ0v) is 23.2. The van der Waals surface area contributed by atoms with E-state index in [1.807, 2.05) is 24.0 Å². The highest BCUT2D eigenvalue weighted by Crippen LogP contribution is 2.18. The number of nitrogens with one attached hydrogen (secondary N) is 3. The Balaban J connectivity index is 1.15. The molecule has 12 heteroatoms. The molecule has 0 aliphatic carbocycles. The molecule has 0 spiro atoms. The van der Waals surface area contributed by atoms with Crippen LogP contribution in [0.2, 0.25) is 0 Å². The molecule has 3 N–H and O–H groups in total. The van der Waals surface area contributed by atoms with Crippen LogP contribution < -0.4 is 20.9 Å². The summed E-state index contributed by atoms with van der Waals surface area (Å²) in [5.74, 6) is -1.03. The molecule has 0 aromatic heterocycles. The third-order valence-electron chi connectivity index (χ3n) is 7.67. The highest BCUT2D eigenvalue weighted by atomic mass is 16.5. The van der Waals surface area contributed by atoms with Crippen LogP contribution in [0.25, 0.3) is 0 Å². The van der Waals surface area contributed by atoms with E-state index in [1.165, 1.54) is 0 Å². The summed E-state index contributed by atoms with van der Waals surface area (Å²) in [5.41, 5.74) is 1.44. The van der Waals surface area contributed by atoms with Crippen molar-refractivity contribution in [3.63, 3.8) is 0 Å². The van der Waals surface area contributed by atoms with Gasteiger partial charge in [0.1, 0.15) is 6.04 Å². The monoisotopic (exact) mass is 556 g/mol. The summed E-state index contributed by atoms with van der Waals surface area (Å²) < 4.78 is 5.17. The van der Waals surface area contributed by atoms with Crippen LogP contribution >= 0.6 is 0 Å². The minimum atomic E-state index is -0.706. The van der Waals surface area contributed by atoms with Gasteiger partial charge in [-0.2, -0.15) is 0 Å².